The summed E-state index contributed by atoms with van der Waals surface area (Å²) in [5.74, 6) is 2.14. The Morgan fingerprint density at radius 1 is 1.21 bits per heavy atom. The molecule has 154 valence electrons. The van der Waals surface area contributed by atoms with Crippen LogP contribution in [0, 0.1) is 5.82 Å². The van der Waals surface area contributed by atoms with Crippen molar-refractivity contribution in [3.05, 3.63) is 58.9 Å². The van der Waals surface area contributed by atoms with Gasteiger partial charge in [0.1, 0.15) is 23.4 Å². The number of aliphatic imine (C=N–C) groups is 1. The molecule has 2 heterocycles. The molecular formula is C22H26FN3O3. The van der Waals surface area contributed by atoms with E-state index < -0.39 is 0 Å². The van der Waals surface area contributed by atoms with Crippen LogP contribution in [-0.4, -0.2) is 38.5 Å². The van der Waals surface area contributed by atoms with Crippen LogP contribution in [0.2, 0.25) is 0 Å². The van der Waals surface area contributed by atoms with Crippen LogP contribution in [0.25, 0.3) is 0 Å². The molecule has 4 rings (SSSR count). The fourth-order valence-corrected chi connectivity index (χ4v) is 3.65. The fourth-order valence-electron chi connectivity index (χ4n) is 3.65. The van der Waals surface area contributed by atoms with Crippen LogP contribution in [-0.2, 0) is 24.2 Å². The maximum Gasteiger partial charge on any atom is 0.191 e. The maximum absolute atomic E-state index is 13.9. The van der Waals surface area contributed by atoms with Gasteiger partial charge in [-0.25, -0.2) is 9.38 Å². The van der Waals surface area contributed by atoms with Crippen LogP contribution in [0.15, 0.2) is 41.4 Å². The van der Waals surface area contributed by atoms with Gasteiger partial charge in [0, 0.05) is 25.1 Å². The van der Waals surface area contributed by atoms with E-state index in [2.05, 4.69) is 21.7 Å². The van der Waals surface area contributed by atoms with Crippen molar-refractivity contribution in [2.75, 3.05) is 26.4 Å². The second-order valence-electron chi connectivity index (χ2n) is 7.11. The summed E-state index contributed by atoms with van der Waals surface area (Å²) in [7, 11) is 0. The molecule has 0 radical (unpaired) electrons. The average Bonchev–Trinajstić information content (AvgIpc) is 3.15. The van der Waals surface area contributed by atoms with E-state index in [0.717, 1.165) is 41.6 Å². The lowest BCUT2D eigenvalue weighted by molar-refractivity contribution is -0.0172. The van der Waals surface area contributed by atoms with Crippen LogP contribution < -0.4 is 20.1 Å². The van der Waals surface area contributed by atoms with Gasteiger partial charge in [0.15, 0.2) is 12.8 Å². The largest absolute Gasteiger partial charge is 0.488 e. The number of hydrogen-bond acceptors (Lipinski definition) is 4. The highest BCUT2D eigenvalue weighted by molar-refractivity contribution is 5.79. The van der Waals surface area contributed by atoms with Gasteiger partial charge < -0.3 is 24.8 Å². The van der Waals surface area contributed by atoms with Crippen molar-refractivity contribution >= 4 is 5.96 Å². The Morgan fingerprint density at radius 2 is 2.10 bits per heavy atom. The van der Waals surface area contributed by atoms with E-state index in [1.807, 2.05) is 25.1 Å². The predicted molar refractivity (Wildman–Crippen MR) is 109 cm³/mol. The lowest BCUT2D eigenvalue weighted by atomic mass is 10.1. The van der Waals surface area contributed by atoms with E-state index in [1.54, 1.807) is 0 Å². The zero-order valence-electron chi connectivity index (χ0n) is 16.5. The summed E-state index contributed by atoms with van der Waals surface area (Å²) in [5.41, 5.74) is 2.82. The van der Waals surface area contributed by atoms with Crippen molar-refractivity contribution in [3.8, 4) is 11.5 Å². The van der Waals surface area contributed by atoms with Crippen LogP contribution >= 0.6 is 0 Å². The maximum atomic E-state index is 13.9. The monoisotopic (exact) mass is 399 g/mol. The molecular weight excluding hydrogens is 373 g/mol. The average molecular weight is 399 g/mol. The second-order valence-corrected chi connectivity index (χ2v) is 7.11. The normalized spacial score (nSPS) is 17.7. The van der Waals surface area contributed by atoms with E-state index in [0.29, 0.717) is 26.1 Å². The molecule has 6 nitrogen and oxygen atoms in total. The number of fused-ring (bicyclic) bond motifs is 2. The number of rotatable bonds is 6. The molecule has 0 bridgehead atoms. The third-order valence-electron chi connectivity index (χ3n) is 4.95. The molecule has 0 amide bonds. The first kappa shape index (κ1) is 19.5. The number of nitrogens with one attached hydrogen (secondary N) is 2. The molecule has 0 aliphatic carbocycles. The highest BCUT2D eigenvalue weighted by Crippen LogP contribution is 2.30. The molecule has 2 aromatic carbocycles. The van der Waals surface area contributed by atoms with E-state index in [9.17, 15) is 4.39 Å². The van der Waals surface area contributed by atoms with Gasteiger partial charge in [0.05, 0.1) is 13.2 Å². The minimum Gasteiger partial charge on any atom is -0.488 e. The van der Waals surface area contributed by atoms with Crippen molar-refractivity contribution in [2.45, 2.75) is 32.5 Å². The summed E-state index contributed by atoms with van der Waals surface area (Å²) in [6.45, 7) is 4.54. The first-order valence-electron chi connectivity index (χ1n) is 10.0. The Morgan fingerprint density at radius 3 is 2.97 bits per heavy atom. The molecule has 0 aromatic heterocycles. The van der Waals surface area contributed by atoms with Crippen molar-refractivity contribution < 1.29 is 18.6 Å². The van der Waals surface area contributed by atoms with E-state index >= 15 is 0 Å². The summed E-state index contributed by atoms with van der Waals surface area (Å²) in [6.07, 6.45) is 1.54. The second kappa shape index (κ2) is 9.13. The molecule has 0 saturated heterocycles. The number of guanidine groups is 1. The van der Waals surface area contributed by atoms with E-state index in [-0.39, 0.29) is 18.7 Å². The highest BCUT2D eigenvalue weighted by atomic mass is 19.1. The van der Waals surface area contributed by atoms with Crippen molar-refractivity contribution in [3.63, 3.8) is 0 Å². The first-order chi connectivity index (χ1) is 14.2. The molecule has 0 saturated carbocycles. The predicted octanol–water partition coefficient (Wildman–Crippen LogP) is 2.79. The van der Waals surface area contributed by atoms with E-state index in [1.165, 1.54) is 17.7 Å². The number of hydrogen-bond donors (Lipinski definition) is 2. The van der Waals surface area contributed by atoms with Crippen LogP contribution in [0.1, 0.15) is 23.6 Å². The number of halogens is 1. The molecule has 2 aliphatic heterocycles. The Bertz CT molecular complexity index is 863. The van der Waals surface area contributed by atoms with Gasteiger partial charge in [-0.3, -0.25) is 0 Å². The zero-order chi connectivity index (χ0) is 20.1. The van der Waals surface area contributed by atoms with Gasteiger partial charge in [0.2, 0.25) is 0 Å². The smallest absolute Gasteiger partial charge is 0.191 e. The third kappa shape index (κ3) is 4.79. The lowest BCUT2D eigenvalue weighted by Gasteiger charge is -2.21. The quantitative estimate of drug-likeness (QED) is 0.578. The molecule has 0 fully saturated rings. The summed E-state index contributed by atoms with van der Waals surface area (Å²) in [4.78, 5) is 4.66. The topological polar surface area (TPSA) is 64.1 Å². The first-order valence-corrected chi connectivity index (χ1v) is 10.0. The summed E-state index contributed by atoms with van der Waals surface area (Å²) in [6, 6.07) is 11.1. The third-order valence-corrected chi connectivity index (χ3v) is 4.95. The summed E-state index contributed by atoms with van der Waals surface area (Å²) >= 11 is 0. The number of ether oxygens (including phenoxy) is 3. The minimum atomic E-state index is -0.272. The number of benzene rings is 2. The summed E-state index contributed by atoms with van der Waals surface area (Å²) in [5, 5.41) is 6.56. The minimum absolute atomic E-state index is 0.0477. The zero-order valence-corrected chi connectivity index (χ0v) is 16.5. The molecule has 2 aliphatic rings. The van der Waals surface area contributed by atoms with Gasteiger partial charge in [-0.05, 0) is 42.7 Å². The Balaban J connectivity index is 1.34. The standard InChI is InChI=1S/C22H26FN3O3/c1-2-24-22(26-12-19-11-15-5-3-4-6-20(15)29-19)25-8-7-16-9-18(23)10-17-13-27-14-28-21(16)17/h3-6,9-10,19H,2,7-8,11-14H2,1H3,(H2,24,25,26). The Kier molecular flexibility index (Phi) is 6.14. The van der Waals surface area contributed by atoms with Crippen LogP contribution in [0.4, 0.5) is 4.39 Å². The summed E-state index contributed by atoms with van der Waals surface area (Å²) < 4.78 is 30.7. The number of nitrogens with zero attached hydrogens (tertiary/aromatic N) is 1. The SMILES string of the molecule is CCNC(=NCC1Cc2ccccc2O1)NCCc1cc(F)cc2c1OCOC2. The molecule has 2 N–H and O–H groups in total. The highest BCUT2D eigenvalue weighted by Gasteiger charge is 2.22. The molecule has 1 atom stereocenters. The molecule has 1 unspecified atom stereocenters. The van der Waals surface area contributed by atoms with Crippen LogP contribution in [0.3, 0.4) is 0 Å². The Labute approximate surface area is 170 Å². The van der Waals surface area contributed by atoms with Gasteiger partial charge >= 0.3 is 0 Å². The van der Waals surface area contributed by atoms with Gasteiger partial charge in [-0.1, -0.05) is 18.2 Å². The number of para-hydroxylation sites is 1. The van der Waals surface area contributed by atoms with E-state index in [4.69, 9.17) is 14.2 Å². The molecule has 7 heteroatoms. The van der Waals surface area contributed by atoms with Gasteiger partial charge in [0.25, 0.3) is 0 Å². The molecule has 29 heavy (non-hydrogen) atoms. The van der Waals surface area contributed by atoms with Crippen molar-refractivity contribution in [1.29, 1.82) is 0 Å². The van der Waals surface area contributed by atoms with Crippen LogP contribution in [0.5, 0.6) is 11.5 Å². The molecule has 2 aromatic rings. The van der Waals surface area contributed by atoms with Crippen molar-refractivity contribution in [1.82, 2.24) is 10.6 Å². The van der Waals surface area contributed by atoms with Crippen molar-refractivity contribution in [2.24, 2.45) is 4.99 Å². The Hall–Kier alpha value is -2.80. The van der Waals surface area contributed by atoms with Gasteiger partial charge in [-0.15, -0.1) is 0 Å². The van der Waals surface area contributed by atoms with Gasteiger partial charge in [-0.2, -0.15) is 0 Å². The molecule has 0 spiro atoms. The fraction of sp³-hybridized carbons (Fsp3) is 0.409. The lowest BCUT2D eigenvalue weighted by Crippen LogP contribution is -2.39.